The van der Waals surface area contributed by atoms with E-state index in [1.54, 1.807) is 18.7 Å². The molecule has 0 N–H and O–H groups in total. The Morgan fingerprint density at radius 1 is 1.50 bits per heavy atom. The summed E-state index contributed by atoms with van der Waals surface area (Å²) in [7, 11) is 3.97. The molecule has 4 nitrogen and oxygen atoms in total. The Morgan fingerprint density at radius 2 is 2.28 bits per heavy atom. The molecule has 0 aliphatic carbocycles. The lowest BCUT2D eigenvalue weighted by molar-refractivity contribution is 0.101. The van der Waals surface area contributed by atoms with Crippen LogP contribution in [0.4, 0.5) is 0 Å². The second kappa shape index (κ2) is 5.63. The lowest BCUT2D eigenvalue weighted by atomic mass is 10.1. The van der Waals surface area contributed by atoms with Crippen LogP contribution in [0, 0.1) is 0 Å². The Labute approximate surface area is 111 Å². The molecule has 2 rings (SSSR count). The summed E-state index contributed by atoms with van der Waals surface area (Å²) in [6.07, 6.45) is 0. The van der Waals surface area contributed by atoms with E-state index in [4.69, 9.17) is 9.47 Å². The lowest BCUT2D eigenvalue weighted by Gasteiger charge is -2.14. The van der Waals surface area contributed by atoms with Crippen LogP contribution in [0.3, 0.4) is 0 Å². The molecule has 0 saturated carbocycles. The largest absolute Gasteiger partial charge is 0.491 e. The SMILES string of the molecule is CC(=O)c1cc2c(cc1OCCN(C)C)OCS2. The maximum Gasteiger partial charge on any atom is 0.163 e. The molecule has 0 fully saturated rings. The molecule has 98 valence electrons. The van der Waals surface area contributed by atoms with Gasteiger partial charge in [0, 0.05) is 12.6 Å². The highest BCUT2D eigenvalue weighted by molar-refractivity contribution is 7.99. The number of benzene rings is 1. The maximum atomic E-state index is 11.6. The summed E-state index contributed by atoms with van der Waals surface area (Å²) in [6, 6.07) is 3.68. The van der Waals surface area contributed by atoms with E-state index in [1.807, 2.05) is 31.1 Å². The predicted molar refractivity (Wildman–Crippen MR) is 71.8 cm³/mol. The first-order valence-electron chi connectivity index (χ1n) is 5.80. The molecule has 0 saturated heterocycles. The van der Waals surface area contributed by atoms with Gasteiger partial charge in [0.05, 0.1) is 10.5 Å². The Morgan fingerprint density at radius 3 is 2.94 bits per heavy atom. The third-order valence-corrected chi connectivity index (χ3v) is 3.52. The van der Waals surface area contributed by atoms with Crippen LogP contribution in [0.5, 0.6) is 11.5 Å². The summed E-state index contributed by atoms with van der Waals surface area (Å²) in [5, 5.41) is 0. The highest BCUT2D eigenvalue weighted by Gasteiger charge is 2.19. The average molecular weight is 267 g/mol. The lowest BCUT2D eigenvalue weighted by Crippen LogP contribution is -2.20. The van der Waals surface area contributed by atoms with Crippen LogP contribution >= 0.6 is 11.8 Å². The number of carbonyl (C=O) groups excluding carboxylic acids is 1. The number of likely N-dealkylation sites (N-methyl/N-ethyl adjacent to an activating group) is 1. The van der Waals surface area contributed by atoms with Gasteiger partial charge < -0.3 is 14.4 Å². The normalized spacial score (nSPS) is 13.3. The minimum absolute atomic E-state index is 0.0187. The number of rotatable bonds is 5. The molecule has 0 aromatic heterocycles. The van der Waals surface area contributed by atoms with Crippen molar-refractivity contribution in [1.82, 2.24) is 4.90 Å². The van der Waals surface area contributed by atoms with E-state index in [-0.39, 0.29) is 5.78 Å². The first-order chi connectivity index (χ1) is 8.58. The summed E-state index contributed by atoms with van der Waals surface area (Å²) in [4.78, 5) is 14.7. The van der Waals surface area contributed by atoms with Crippen LogP contribution in [0.1, 0.15) is 17.3 Å². The van der Waals surface area contributed by atoms with Crippen LogP contribution in [0.25, 0.3) is 0 Å². The monoisotopic (exact) mass is 267 g/mol. The molecule has 5 heteroatoms. The topological polar surface area (TPSA) is 38.8 Å². The number of fused-ring (bicyclic) bond motifs is 1. The summed E-state index contributed by atoms with van der Waals surface area (Å²) in [5.74, 6) is 2.05. The van der Waals surface area contributed by atoms with Crippen LogP contribution in [0.15, 0.2) is 17.0 Å². The number of nitrogens with zero attached hydrogens (tertiary/aromatic N) is 1. The van der Waals surface area contributed by atoms with Crippen LogP contribution in [-0.4, -0.2) is 43.9 Å². The van der Waals surface area contributed by atoms with Gasteiger partial charge in [0.15, 0.2) is 5.78 Å². The molecule has 0 atom stereocenters. The highest BCUT2D eigenvalue weighted by Crippen LogP contribution is 2.40. The number of ether oxygens (including phenoxy) is 2. The summed E-state index contributed by atoms with van der Waals surface area (Å²) >= 11 is 1.60. The van der Waals surface area contributed by atoms with E-state index in [0.717, 1.165) is 17.2 Å². The standard InChI is InChI=1S/C13H17NO3S/c1-9(15)10-6-13-12(17-8-18-13)7-11(10)16-5-4-14(2)3/h6-7H,4-5,8H2,1-3H3. The van der Waals surface area contributed by atoms with Gasteiger partial charge in [-0.25, -0.2) is 0 Å². The summed E-state index contributed by atoms with van der Waals surface area (Å²) < 4.78 is 11.1. The summed E-state index contributed by atoms with van der Waals surface area (Å²) in [5.41, 5.74) is 0.630. The van der Waals surface area contributed by atoms with E-state index in [1.165, 1.54) is 0 Å². The van der Waals surface area contributed by atoms with Gasteiger partial charge in [-0.2, -0.15) is 0 Å². The zero-order valence-electron chi connectivity index (χ0n) is 10.9. The number of Topliss-reactive ketones (excluding diaryl/α,β-unsaturated/α-hetero) is 1. The molecule has 0 unspecified atom stereocenters. The van der Waals surface area contributed by atoms with Crippen molar-refractivity contribution in [3.05, 3.63) is 17.7 Å². The van der Waals surface area contributed by atoms with Gasteiger partial charge in [0.2, 0.25) is 0 Å². The molecule has 0 spiro atoms. The molecule has 0 bridgehead atoms. The Bertz CT molecular complexity index is 460. The van der Waals surface area contributed by atoms with E-state index >= 15 is 0 Å². The number of hydrogen-bond donors (Lipinski definition) is 0. The zero-order chi connectivity index (χ0) is 13.1. The molecular formula is C13H17NO3S. The van der Waals surface area contributed by atoms with E-state index < -0.39 is 0 Å². The smallest absolute Gasteiger partial charge is 0.163 e. The Hall–Kier alpha value is -1.20. The molecule has 0 radical (unpaired) electrons. The average Bonchev–Trinajstić information content (AvgIpc) is 2.74. The van der Waals surface area contributed by atoms with Crippen molar-refractivity contribution in [3.63, 3.8) is 0 Å². The Balaban J connectivity index is 2.19. The van der Waals surface area contributed by atoms with Gasteiger partial charge in [-0.05, 0) is 27.1 Å². The fraction of sp³-hybridized carbons (Fsp3) is 0.462. The fourth-order valence-electron chi connectivity index (χ4n) is 1.66. The van der Waals surface area contributed by atoms with Gasteiger partial charge in [-0.3, -0.25) is 4.79 Å². The second-order valence-electron chi connectivity index (χ2n) is 4.41. The van der Waals surface area contributed by atoms with Gasteiger partial charge in [0.1, 0.15) is 24.0 Å². The molecule has 18 heavy (non-hydrogen) atoms. The van der Waals surface area contributed by atoms with Crippen molar-refractivity contribution in [2.24, 2.45) is 0 Å². The number of ketones is 1. The number of thioether (sulfide) groups is 1. The predicted octanol–water partition coefficient (Wildman–Crippen LogP) is 2.27. The van der Waals surface area contributed by atoms with Crippen molar-refractivity contribution >= 4 is 17.5 Å². The molecular weight excluding hydrogens is 250 g/mol. The molecule has 0 amide bonds. The highest BCUT2D eigenvalue weighted by atomic mass is 32.2. The van der Waals surface area contributed by atoms with Crippen molar-refractivity contribution in [1.29, 1.82) is 0 Å². The van der Waals surface area contributed by atoms with Crippen molar-refractivity contribution in [2.75, 3.05) is 33.2 Å². The van der Waals surface area contributed by atoms with E-state index in [0.29, 0.717) is 23.9 Å². The molecule has 1 aromatic rings. The second-order valence-corrected chi connectivity index (χ2v) is 5.37. The third-order valence-electron chi connectivity index (χ3n) is 2.65. The van der Waals surface area contributed by atoms with E-state index in [2.05, 4.69) is 0 Å². The fourth-order valence-corrected chi connectivity index (χ4v) is 2.43. The molecule has 1 aliphatic heterocycles. The van der Waals surface area contributed by atoms with Crippen LogP contribution in [0.2, 0.25) is 0 Å². The van der Waals surface area contributed by atoms with E-state index in [9.17, 15) is 4.79 Å². The Kier molecular flexibility index (Phi) is 4.14. The maximum absolute atomic E-state index is 11.6. The van der Waals surface area contributed by atoms with Crippen LogP contribution in [-0.2, 0) is 0 Å². The third kappa shape index (κ3) is 2.97. The van der Waals surface area contributed by atoms with Crippen molar-refractivity contribution < 1.29 is 14.3 Å². The minimum Gasteiger partial charge on any atom is -0.491 e. The van der Waals surface area contributed by atoms with Gasteiger partial charge in [-0.15, -0.1) is 0 Å². The first-order valence-corrected chi connectivity index (χ1v) is 6.78. The zero-order valence-corrected chi connectivity index (χ0v) is 11.7. The van der Waals surface area contributed by atoms with Gasteiger partial charge in [-0.1, -0.05) is 11.8 Å². The quantitative estimate of drug-likeness (QED) is 0.765. The van der Waals surface area contributed by atoms with Gasteiger partial charge in [0.25, 0.3) is 0 Å². The van der Waals surface area contributed by atoms with Crippen molar-refractivity contribution in [2.45, 2.75) is 11.8 Å². The molecule has 1 heterocycles. The number of carbonyl (C=O) groups is 1. The first kappa shape index (κ1) is 13.2. The molecule has 1 aliphatic rings. The summed E-state index contributed by atoms with van der Waals surface area (Å²) in [6.45, 7) is 2.92. The van der Waals surface area contributed by atoms with Gasteiger partial charge >= 0.3 is 0 Å². The number of hydrogen-bond acceptors (Lipinski definition) is 5. The molecule has 1 aromatic carbocycles. The minimum atomic E-state index is 0.0187. The van der Waals surface area contributed by atoms with Crippen molar-refractivity contribution in [3.8, 4) is 11.5 Å². The van der Waals surface area contributed by atoms with Crippen LogP contribution < -0.4 is 9.47 Å².